The number of aromatic amines is 1. The predicted molar refractivity (Wildman–Crippen MR) is 84.7 cm³/mol. The topological polar surface area (TPSA) is 67.0 Å². The molecule has 122 valence electrons. The number of amides is 1. The van der Waals surface area contributed by atoms with Crippen molar-refractivity contribution in [2.45, 2.75) is 76.9 Å². The molecular formula is C17H27N3O2. The zero-order valence-electron chi connectivity index (χ0n) is 13.7. The lowest BCUT2D eigenvalue weighted by Crippen LogP contribution is -2.37. The van der Waals surface area contributed by atoms with Crippen LogP contribution in [-0.2, 0) is 16.0 Å². The Morgan fingerprint density at radius 2 is 2.14 bits per heavy atom. The Balaban J connectivity index is 1.45. The van der Waals surface area contributed by atoms with Gasteiger partial charge in [0.2, 0.25) is 5.91 Å². The summed E-state index contributed by atoms with van der Waals surface area (Å²) in [6.45, 7) is 4.72. The van der Waals surface area contributed by atoms with Gasteiger partial charge in [0.1, 0.15) is 0 Å². The van der Waals surface area contributed by atoms with E-state index >= 15 is 0 Å². The second-order valence-electron chi connectivity index (χ2n) is 6.94. The Kier molecular flexibility index (Phi) is 4.52. The van der Waals surface area contributed by atoms with E-state index in [1.165, 1.54) is 19.3 Å². The molecule has 0 aromatic carbocycles. The van der Waals surface area contributed by atoms with Gasteiger partial charge in [-0.1, -0.05) is 19.3 Å². The third-order valence-corrected chi connectivity index (χ3v) is 5.28. The first-order chi connectivity index (χ1) is 10.6. The highest BCUT2D eigenvalue weighted by molar-refractivity contribution is 5.76. The monoisotopic (exact) mass is 305 g/mol. The largest absolute Gasteiger partial charge is 0.373 e. The minimum Gasteiger partial charge on any atom is -0.373 e. The fourth-order valence-electron chi connectivity index (χ4n) is 3.79. The van der Waals surface area contributed by atoms with Crippen LogP contribution in [0.25, 0.3) is 0 Å². The summed E-state index contributed by atoms with van der Waals surface area (Å²) in [6.07, 6.45) is 8.34. The molecule has 1 aromatic heterocycles. The van der Waals surface area contributed by atoms with E-state index in [0.717, 1.165) is 36.2 Å². The molecule has 2 N–H and O–H groups in total. The fourth-order valence-corrected chi connectivity index (χ4v) is 3.79. The summed E-state index contributed by atoms with van der Waals surface area (Å²) in [7, 11) is 0. The minimum absolute atomic E-state index is 0.0616. The lowest BCUT2D eigenvalue weighted by molar-refractivity contribution is -0.121. The van der Waals surface area contributed by atoms with Crippen molar-refractivity contribution in [3.05, 3.63) is 17.0 Å². The van der Waals surface area contributed by atoms with Gasteiger partial charge in [-0.2, -0.15) is 5.10 Å². The number of carbonyl (C=O) groups is 1. The summed E-state index contributed by atoms with van der Waals surface area (Å²) < 4.78 is 6.05. The van der Waals surface area contributed by atoms with Crippen LogP contribution >= 0.6 is 0 Å². The molecule has 3 rings (SSSR count). The minimum atomic E-state index is 0.0616. The van der Waals surface area contributed by atoms with Crippen LogP contribution in [0.4, 0.5) is 0 Å². The van der Waals surface area contributed by atoms with Crippen LogP contribution in [0.2, 0.25) is 0 Å². The highest BCUT2D eigenvalue weighted by Gasteiger charge is 2.41. The number of nitrogens with zero attached hydrogens (tertiary/aromatic N) is 1. The van der Waals surface area contributed by atoms with Gasteiger partial charge in [-0.3, -0.25) is 9.89 Å². The van der Waals surface area contributed by atoms with Crippen molar-refractivity contribution in [1.82, 2.24) is 15.5 Å². The molecule has 2 aliphatic rings. The first-order valence-corrected chi connectivity index (χ1v) is 8.52. The Labute approximate surface area is 132 Å². The van der Waals surface area contributed by atoms with Crippen molar-refractivity contribution in [3.63, 3.8) is 0 Å². The Morgan fingerprint density at radius 1 is 1.36 bits per heavy atom. The maximum absolute atomic E-state index is 12.2. The molecule has 2 fully saturated rings. The lowest BCUT2D eigenvalue weighted by atomic mass is 9.82. The summed E-state index contributed by atoms with van der Waals surface area (Å²) in [5.74, 6) is 0.113. The van der Waals surface area contributed by atoms with Crippen molar-refractivity contribution in [2.75, 3.05) is 6.61 Å². The number of hydrogen-bond acceptors (Lipinski definition) is 3. The van der Waals surface area contributed by atoms with E-state index in [2.05, 4.69) is 15.5 Å². The average molecular weight is 305 g/mol. The quantitative estimate of drug-likeness (QED) is 0.898. The standard InChI is InChI=1S/C17H27N3O2/c1-12-13(2)19-20-15(12)6-7-16(21)18-14-10-17(22-11-14)8-4-3-5-9-17/h14H,3-11H2,1-2H3,(H,18,21)(H,19,20). The van der Waals surface area contributed by atoms with E-state index in [9.17, 15) is 4.79 Å². The van der Waals surface area contributed by atoms with E-state index in [1.807, 2.05) is 13.8 Å². The van der Waals surface area contributed by atoms with Gasteiger partial charge < -0.3 is 10.1 Å². The van der Waals surface area contributed by atoms with Crippen molar-refractivity contribution in [3.8, 4) is 0 Å². The predicted octanol–water partition coefficient (Wildman–Crippen LogP) is 2.57. The van der Waals surface area contributed by atoms with Crippen molar-refractivity contribution >= 4 is 5.91 Å². The van der Waals surface area contributed by atoms with Crippen molar-refractivity contribution in [2.24, 2.45) is 0 Å². The molecule has 5 nitrogen and oxygen atoms in total. The second-order valence-corrected chi connectivity index (χ2v) is 6.94. The third-order valence-electron chi connectivity index (χ3n) is 5.28. The van der Waals surface area contributed by atoms with Crippen LogP contribution in [0.1, 0.15) is 61.9 Å². The SMILES string of the molecule is Cc1[nH]nc(CCC(=O)NC2COC3(CCCCC3)C2)c1C. The molecule has 0 radical (unpaired) electrons. The number of hydrogen-bond donors (Lipinski definition) is 2. The highest BCUT2D eigenvalue weighted by Crippen LogP contribution is 2.39. The van der Waals surface area contributed by atoms with Crippen LogP contribution in [0.3, 0.4) is 0 Å². The molecule has 1 saturated carbocycles. The van der Waals surface area contributed by atoms with Gasteiger partial charge in [0, 0.05) is 18.5 Å². The first kappa shape index (κ1) is 15.5. The van der Waals surface area contributed by atoms with Gasteiger partial charge in [-0.05, 0) is 38.7 Å². The summed E-state index contributed by atoms with van der Waals surface area (Å²) in [5, 5.41) is 10.4. The number of H-pyrrole nitrogens is 1. The van der Waals surface area contributed by atoms with E-state index in [-0.39, 0.29) is 17.6 Å². The number of ether oxygens (including phenoxy) is 1. The molecule has 0 bridgehead atoms. The lowest BCUT2D eigenvalue weighted by Gasteiger charge is -2.32. The van der Waals surface area contributed by atoms with E-state index < -0.39 is 0 Å². The van der Waals surface area contributed by atoms with Gasteiger partial charge in [0.15, 0.2) is 0 Å². The molecule has 1 spiro atoms. The Morgan fingerprint density at radius 3 is 2.82 bits per heavy atom. The Bertz CT molecular complexity index is 532. The maximum Gasteiger partial charge on any atom is 0.220 e. The van der Waals surface area contributed by atoms with E-state index in [1.54, 1.807) is 0 Å². The number of rotatable bonds is 4. The van der Waals surface area contributed by atoms with E-state index in [4.69, 9.17) is 4.74 Å². The van der Waals surface area contributed by atoms with Crippen molar-refractivity contribution < 1.29 is 9.53 Å². The summed E-state index contributed by atoms with van der Waals surface area (Å²) in [6, 6.07) is 0.188. The van der Waals surface area contributed by atoms with Gasteiger partial charge in [0.25, 0.3) is 0 Å². The van der Waals surface area contributed by atoms with Gasteiger partial charge >= 0.3 is 0 Å². The second kappa shape index (κ2) is 6.41. The normalized spacial score (nSPS) is 23.8. The van der Waals surface area contributed by atoms with Crippen molar-refractivity contribution in [1.29, 1.82) is 0 Å². The molecule has 5 heteroatoms. The van der Waals surface area contributed by atoms with Crippen LogP contribution in [0, 0.1) is 13.8 Å². The Hall–Kier alpha value is -1.36. The average Bonchev–Trinajstić information content (AvgIpc) is 3.03. The third kappa shape index (κ3) is 3.35. The molecule has 1 aromatic rings. The van der Waals surface area contributed by atoms with Gasteiger partial charge in [-0.25, -0.2) is 0 Å². The summed E-state index contributed by atoms with van der Waals surface area (Å²) >= 11 is 0. The molecular weight excluding hydrogens is 278 g/mol. The maximum atomic E-state index is 12.2. The molecule has 22 heavy (non-hydrogen) atoms. The van der Waals surface area contributed by atoms with Crippen LogP contribution in [-0.4, -0.2) is 34.4 Å². The zero-order valence-corrected chi connectivity index (χ0v) is 13.7. The van der Waals surface area contributed by atoms with Gasteiger partial charge in [0.05, 0.1) is 23.9 Å². The smallest absolute Gasteiger partial charge is 0.220 e. The number of carbonyl (C=O) groups excluding carboxylic acids is 1. The molecule has 1 atom stereocenters. The molecule has 1 unspecified atom stereocenters. The highest BCUT2D eigenvalue weighted by atomic mass is 16.5. The first-order valence-electron chi connectivity index (χ1n) is 8.52. The summed E-state index contributed by atoms with van der Waals surface area (Å²) in [5.41, 5.74) is 3.31. The number of nitrogens with one attached hydrogen (secondary N) is 2. The molecule has 1 amide bonds. The van der Waals surface area contributed by atoms with Crippen LogP contribution in [0.5, 0.6) is 0 Å². The molecule has 1 aliphatic heterocycles. The molecule has 2 heterocycles. The number of aryl methyl sites for hydroxylation is 2. The van der Waals surface area contributed by atoms with Gasteiger partial charge in [-0.15, -0.1) is 0 Å². The van der Waals surface area contributed by atoms with Crippen LogP contribution in [0.15, 0.2) is 0 Å². The molecule has 1 aliphatic carbocycles. The fraction of sp³-hybridized carbons (Fsp3) is 0.765. The van der Waals surface area contributed by atoms with E-state index in [0.29, 0.717) is 19.4 Å². The molecule has 1 saturated heterocycles. The number of aromatic nitrogens is 2. The summed E-state index contributed by atoms with van der Waals surface area (Å²) in [4.78, 5) is 12.2. The zero-order chi connectivity index (χ0) is 15.6. The van der Waals surface area contributed by atoms with Crippen LogP contribution < -0.4 is 5.32 Å².